The first kappa shape index (κ1) is 24.2. The third kappa shape index (κ3) is 4.02. The lowest BCUT2D eigenvalue weighted by Crippen LogP contribution is -2.40. The number of carbonyl (C=O) groups excluding carboxylic acids is 1. The molecule has 1 amide bonds. The number of amides is 1. The monoisotopic (exact) mass is 504 g/mol. The summed E-state index contributed by atoms with van der Waals surface area (Å²) >= 11 is 0. The molecule has 1 unspecified atom stereocenters. The van der Waals surface area contributed by atoms with Crippen LogP contribution in [0.2, 0.25) is 0 Å². The van der Waals surface area contributed by atoms with E-state index in [1.165, 1.54) is 18.2 Å². The number of ether oxygens (including phenoxy) is 1. The highest BCUT2D eigenvalue weighted by Gasteiger charge is 2.46. The van der Waals surface area contributed by atoms with Crippen molar-refractivity contribution in [3.05, 3.63) is 132 Å². The van der Waals surface area contributed by atoms with Gasteiger partial charge in [-0.05, 0) is 31.3 Å². The van der Waals surface area contributed by atoms with Crippen molar-refractivity contribution in [2.75, 3.05) is 21.2 Å². The van der Waals surface area contributed by atoms with E-state index in [1.807, 2.05) is 30.6 Å². The second-order valence-electron chi connectivity index (χ2n) is 10.0. The van der Waals surface area contributed by atoms with Crippen LogP contribution in [0, 0.1) is 0 Å². The minimum atomic E-state index is -0.385. The van der Waals surface area contributed by atoms with Crippen molar-refractivity contribution in [2.45, 2.75) is 24.3 Å². The van der Waals surface area contributed by atoms with Crippen LogP contribution in [-0.2, 0) is 4.74 Å². The number of hydrogen-bond acceptors (Lipinski definition) is 4. The van der Waals surface area contributed by atoms with Gasteiger partial charge in [-0.25, -0.2) is 4.79 Å². The first-order valence-electron chi connectivity index (χ1n) is 12.9. The molecule has 0 radical (unpaired) electrons. The van der Waals surface area contributed by atoms with Gasteiger partial charge in [0.05, 0.1) is 31.4 Å². The summed E-state index contributed by atoms with van der Waals surface area (Å²) in [5.74, 6) is 0. The molecule has 192 valence electrons. The maximum atomic E-state index is 13.1. The zero-order valence-electron chi connectivity index (χ0n) is 21.9. The number of carbonyl (C=O) groups is 1. The summed E-state index contributed by atoms with van der Waals surface area (Å²) in [5, 5.41) is 1.09. The summed E-state index contributed by atoms with van der Waals surface area (Å²) in [7, 11) is 5.78. The van der Waals surface area contributed by atoms with E-state index < -0.39 is 0 Å². The molecule has 2 aliphatic rings. The topological polar surface area (TPSA) is 51.8 Å². The number of benzene rings is 3. The molecular weight excluding hydrogens is 472 g/mol. The van der Waals surface area contributed by atoms with Crippen LogP contribution >= 0.6 is 0 Å². The molecule has 4 aromatic rings. The van der Waals surface area contributed by atoms with Crippen LogP contribution < -0.4 is 0 Å². The Morgan fingerprint density at radius 1 is 0.816 bits per heavy atom. The van der Waals surface area contributed by atoms with E-state index in [0.717, 1.165) is 22.0 Å². The Kier molecular flexibility index (Phi) is 6.35. The van der Waals surface area contributed by atoms with E-state index in [4.69, 9.17) is 4.74 Å². The zero-order valence-corrected chi connectivity index (χ0v) is 21.9. The SMILES string of the molecule is COC(=O)N1C=C(C2N(C)[C@@H](c3ccccc3)[C@H](c3ccccc3)N2C)C=CC1c1c[nH]c2ccccc12. The van der Waals surface area contributed by atoms with Gasteiger partial charge in [0.15, 0.2) is 0 Å². The van der Waals surface area contributed by atoms with Crippen molar-refractivity contribution in [1.82, 2.24) is 19.7 Å². The second-order valence-corrected chi connectivity index (χ2v) is 10.0. The predicted octanol–water partition coefficient (Wildman–Crippen LogP) is 6.42. The smallest absolute Gasteiger partial charge is 0.414 e. The van der Waals surface area contributed by atoms with Crippen LogP contribution in [-0.4, -0.2) is 53.1 Å². The number of hydrogen-bond donors (Lipinski definition) is 1. The molecule has 3 aromatic carbocycles. The molecule has 0 bridgehead atoms. The van der Waals surface area contributed by atoms with Gasteiger partial charge in [0.2, 0.25) is 0 Å². The highest BCUT2D eigenvalue weighted by atomic mass is 16.5. The first-order valence-corrected chi connectivity index (χ1v) is 12.9. The Morgan fingerprint density at radius 3 is 2.00 bits per heavy atom. The van der Waals surface area contributed by atoms with Crippen molar-refractivity contribution >= 4 is 17.0 Å². The average molecular weight is 505 g/mol. The molecule has 1 N–H and O–H groups in total. The zero-order chi connectivity index (χ0) is 26.2. The number of nitrogens with zero attached hydrogens (tertiary/aromatic N) is 3. The first-order chi connectivity index (χ1) is 18.6. The van der Waals surface area contributed by atoms with Crippen molar-refractivity contribution in [1.29, 1.82) is 0 Å². The number of nitrogens with one attached hydrogen (secondary N) is 1. The average Bonchev–Trinajstić information content (AvgIpc) is 3.51. The largest absolute Gasteiger partial charge is 0.452 e. The highest BCUT2D eigenvalue weighted by Crippen LogP contribution is 2.48. The third-order valence-corrected chi connectivity index (χ3v) is 7.91. The standard InChI is InChI=1S/C32H32N4O2/c1-34-29(22-12-6-4-7-13-22)30(23-14-8-5-9-15-23)35(2)31(34)24-18-19-28(36(21-24)32(37)38-3)26-20-33-27-17-11-10-16-25(26)27/h4-21,28-31,33H,1-3H3/t28?,29-,30-/m0/s1. The number of likely N-dealkylation sites (N-methyl/N-ethyl adjacent to an activating group) is 2. The number of aromatic nitrogens is 1. The number of H-pyrrole nitrogens is 1. The maximum absolute atomic E-state index is 13.1. The second kappa shape index (κ2) is 9.97. The number of methoxy groups -OCH3 is 1. The lowest BCUT2D eigenvalue weighted by molar-refractivity contribution is 0.129. The van der Waals surface area contributed by atoms with E-state index in [2.05, 4.69) is 108 Å². The summed E-state index contributed by atoms with van der Waals surface area (Å²) in [5.41, 5.74) is 5.65. The molecule has 6 nitrogen and oxygen atoms in total. The van der Waals surface area contributed by atoms with Gasteiger partial charge in [0, 0.05) is 34.4 Å². The van der Waals surface area contributed by atoms with Gasteiger partial charge in [-0.1, -0.05) is 91.0 Å². The van der Waals surface area contributed by atoms with Crippen molar-refractivity contribution < 1.29 is 9.53 Å². The highest BCUT2D eigenvalue weighted by molar-refractivity contribution is 5.85. The number of aromatic amines is 1. The molecule has 38 heavy (non-hydrogen) atoms. The Hall–Kier alpha value is -4.13. The minimum absolute atomic E-state index is 0.0438. The molecule has 2 aliphatic heterocycles. The Balaban J connectivity index is 1.41. The molecule has 6 rings (SSSR count). The molecule has 0 saturated carbocycles. The molecule has 6 heteroatoms. The van der Waals surface area contributed by atoms with Gasteiger partial charge >= 0.3 is 6.09 Å². The molecular formula is C32H32N4O2. The number of para-hydroxylation sites is 1. The van der Waals surface area contributed by atoms with Gasteiger partial charge in [-0.15, -0.1) is 0 Å². The maximum Gasteiger partial charge on any atom is 0.414 e. The number of rotatable bonds is 4. The molecule has 0 spiro atoms. The van der Waals surface area contributed by atoms with Gasteiger partial charge in [0.1, 0.15) is 0 Å². The van der Waals surface area contributed by atoms with Crippen molar-refractivity contribution in [2.24, 2.45) is 0 Å². The fourth-order valence-electron chi connectivity index (χ4n) is 6.24. The van der Waals surface area contributed by atoms with Crippen LogP contribution in [0.4, 0.5) is 4.79 Å². The molecule has 3 atom stereocenters. The van der Waals surface area contributed by atoms with Crippen LogP contribution in [0.15, 0.2) is 115 Å². The van der Waals surface area contributed by atoms with Gasteiger partial charge in [0.25, 0.3) is 0 Å². The van der Waals surface area contributed by atoms with E-state index >= 15 is 0 Å². The molecule has 1 saturated heterocycles. The van der Waals surface area contributed by atoms with Crippen LogP contribution in [0.3, 0.4) is 0 Å². The number of fused-ring (bicyclic) bond motifs is 1. The predicted molar refractivity (Wildman–Crippen MR) is 150 cm³/mol. The van der Waals surface area contributed by atoms with Crippen LogP contribution in [0.25, 0.3) is 10.9 Å². The minimum Gasteiger partial charge on any atom is -0.452 e. The summed E-state index contributed by atoms with van der Waals surface area (Å²) in [6, 6.07) is 29.5. The van der Waals surface area contributed by atoms with Gasteiger partial charge < -0.3 is 9.72 Å². The molecule has 3 heterocycles. The molecule has 1 aromatic heterocycles. The Bertz CT molecular complexity index is 1440. The van der Waals surface area contributed by atoms with Gasteiger partial charge in [-0.3, -0.25) is 14.7 Å². The van der Waals surface area contributed by atoms with E-state index in [9.17, 15) is 4.79 Å². The third-order valence-electron chi connectivity index (χ3n) is 7.91. The Labute approximate surface area is 223 Å². The summed E-state index contributed by atoms with van der Waals surface area (Å²) < 4.78 is 5.25. The summed E-state index contributed by atoms with van der Waals surface area (Å²) in [6.07, 6.45) is 7.79. The van der Waals surface area contributed by atoms with Crippen LogP contribution in [0.1, 0.15) is 34.8 Å². The van der Waals surface area contributed by atoms with Gasteiger partial charge in [-0.2, -0.15) is 0 Å². The molecule has 1 fully saturated rings. The van der Waals surface area contributed by atoms with Crippen molar-refractivity contribution in [3.63, 3.8) is 0 Å². The lowest BCUT2D eigenvalue weighted by Gasteiger charge is -2.34. The summed E-state index contributed by atoms with van der Waals surface area (Å²) in [6.45, 7) is 0. The van der Waals surface area contributed by atoms with E-state index in [0.29, 0.717) is 0 Å². The lowest BCUT2D eigenvalue weighted by atomic mass is 9.93. The molecule has 0 aliphatic carbocycles. The quantitative estimate of drug-likeness (QED) is 0.349. The normalized spacial score (nSPS) is 22.7. The fourth-order valence-corrected chi connectivity index (χ4v) is 6.24. The summed E-state index contributed by atoms with van der Waals surface area (Å²) in [4.78, 5) is 23.0. The Morgan fingerprint density at radius 2 is 1.39 bits per heavy atom. The van der Waals surface area contributed by atoms with E-state index in [-0.39, 0.29) is 30.4 Å². The van der Waals surface area contributed by atoms with Crippen LogP contribution in [0.5, 0.6) is 0 Å². The van der Waals surface area contributed by atoms with Crippen molar-refractivity contribution in [3.8, 4) is 0 Å². The van der Waals surface area contributed by atoms with E-state index in [1.54, 1.807) is 4.90 Å². The fraction of sp³-hybridized carbons (Fsp3) is 0.219.